The van der Waals surface area contributed by atoms with Crippen molar-refractivity contribution in [3.63, 3.8) is 0 Å². The van der Waals surface area contributed by atoms with Gasteiger partial charge in [0.2, 0.25) is 0 Å². The summed E-state index contributed by atoms with van der Waals surface area (Å²) >= 11 is 4.70. The Balaban J connectivity index is 2.18. The maximum Gasteiger partial charge on any atom is 0.269 e. The van der Waals surface area contributed by atoms with Crippen LogP contribution in [0.5, 0.6) is 5.75 Å². The zero-order valence-corrected chi connectivity index (χ0v) is 11.4. The molecule has 18 heavy (non-hydrogen) atoms. The number of aromatic hydroxyl groups is 1. The van der Waals surface area contributed by atoms with Crippen molar-refractivity contribution in [1.29, 1.82) is 0 Å². The summed E-state index contributed by atoms with van der Waals surface area (Å²) in [6.45, 7) is 0. The number of hydrogen-bond donors (Lipinski definition) is 1. The van der Waals surface area contributed by atoms with E-state index in [9.17, 15) is 15.2 Å². The smallest absolute Gasteiger partial charge is 0.269 e. The highest BCUT2D eigenvalue weighted by molar-refractivity contribution is 9.10. The van der Waals surface area contributed by atoms with E-state index in [2.05, 4.69) is 15.9 Å². The Bertz CT molecular complexity index is 586. The topological polar surface area (TPSA) is 63.4 Å². The molecular formula is C12H8BrNO3S. The van der Waals surface area contributed by atoms with E-state index in [4.69, 9.17) is 0 Å². The highest BCUT2D eigenvalue weighted by atomic mass is 79.9. The fourth-order valence-corrected chi connectivity index (χ4v) is 2.71. The van der Waals surface area contributed by atoms with Crippen molar-refractivity contribution in [2.45, 2.75) is 9.79 Å². The number of nitro benzene ring substituents is 1. The van der Waals surface area contributed by atoms with Crippen LogP contribution in [0.1, 0.15) is 0 Å². The molecule has 0 aliphatic rings. The standard InChI is InChI=1S/C12H8BrNO3S/c13-11-7-10(5-6-12(11)15)18-9-3-1-8(2-4-9)14(16)17/h1-7,15H. The van der Waals surface area contributed by atoms with Crippen LogP contribution < -0.4 is 0 Å². The monoisotopic (exact) mass is 325 g/mol. The van der Waals surface area contributed by atoms with E-state index < -0.39 is 4.92 Å². The number of non-ortho nitro benzene ring substituents is 1. The lowest BCUT2D eigenvalue weighted by Gasteiger charge is -2.03. The molecular weight excluding hydrogens is 318 g/mol. The predicted molar refractivity (Wildman–Crippen MR) is 73.0 cm³/mol. The molecule has 0 atom stereocenters. The number of rotatable bonds is 3. The first-order valence-corrected chi connectivity index (χ1v) is 6.58. The largest absolute Gasteiger partial charge is 0.507 e. The molecule has 0 amide bonds. The maximum atomic E-state index is 10.5. The first-order chi connectivity index (χ1) is 8.56. The molecule has 92 valence electrons. The minimum absolute atomic E-state index is 0.0752. The third-order valence-electron chi connectivity index (χ3n) is 2.20. The number of hydrogen-bond acceptors (Lipinski definition) is 4. The Labute approximate surface area is 116 Å². The molecule has 1 N–H and O–H groups in total. The van der Waals surface area contributed by atoms with Crippen LogP contribution in [0.15, 0.2) is 56.7 Å². The minimum atomic E-state index is -0.425. The van der Waals surface area contributed by atoms with Gasteiger partial charge in [-0.3, -0.25) is 10.1 Å². The maximum absolute atomic E-state index is 10.5. The van der Waals surface area contributed by atoms with Gasteiger partial charge in [-0.15, -0.1) is 0 Å². The molecule has 2 aromatic rings. The lowest BCUT2D eigenvalue weighted by molar-refractivity contribution is -0.384. The second-order valence-corrected chi connectivity index (χ2v) is 5.47. The van der Waals surface area contributed by atoms with Crippen molar-refractivity contribution in [3.8, 4) is 5.75 Å². The van der Waals surface area contributed by atoms with E-state index in [1.807, 2.05) is 0 Å². The Morgan fingerprint density at radius 2 is 1.72 bits per heavy atom. The van der Waals surface area contributed by atoms with Crippen molar-refractivity contribution < 1.29 is 10.0 Å². The third-order valence-corrected chi connectivity index (χ3v) is 3.84. The van der Waals surface area contributed by atoms with Gasteiger partial charge in [0.05, 0.1) is 9.40 Å². The first-order valence-electron chi connectivity index (χ1n) is 4.97. The molecule has 4 nitrogen and oxygen atoms in total. The fraction of sp³-hybridized carbons (Fsp3) is 0. The van der Waals surface area contributed by atoms with Crippen molar-refractivity contribution in [2.24, 2.45) is 0 Å². The van der Waals surface area contributed by atoms with Gasteiger partial charge in [-0.25, -0.2) is 0 Å². The normalized spacial score (nSPS) is 10.3. The van der Waals surface area contributed by atoms with Crippen LogP contribution in [0.3, 0.4) is 0 Å². The van der Waals surface area contributed by atoms with Crippen molar-refractivity contribution in [2.75, 3.05) is 0 Å². The van der Waals surface area contributed by atoms with E-state index in [0.29, 0.717) is 4.47 Å². The lowest BCUT2D eigenvalue weighted by atomic mass is 10.3. The number of nitrogens with zero attached hydrogens (tertiary/aromatic N) is 1. The van der Waals surface area contributed by atoms with Crippen LogP contribution in [0.2, 0.25) is 0 Å². The van der Waals surface area contributed by atoms with Crippen LogP contribution in [0.25, 0.3) is 0 Å². The van der Waals surface area contributed by atoms with Crippen molar-refractivity contribution >= 4 is 33.4 Å². The van der Waals surface area contributed by atoms with E-state index >= 15 is 0 Å². The molecule has 2 aromatic carbocycles. The number of nitro groups is 1. The van der Waals surface area contributed by atoms with E-state index in [1.165, 1.54) is 23.9 Å². The lowest BCUT2D eigenvalue weighted by Crippen LogP contribution is -1.86. The van der Waals surface area contributed by atoms with E-state index in [0.717, 1.165) is 9.79 Å². The van der Waals surface area contributed by atoms with Gasteiger partial charge in [0, 0.05) is 21.9 Å². The summed E-state index contributed by atoms with van der Waals surface area (Å²) in [5.74, 6) is 0.183. The van der Waals surface area contributed by atoms with Gasteiger partial charge in [-0.2, -0.15) is 0 Å². The molecule has 0 spiro atoms. The summed E-state index contributed by atoms with van der Waals surface area (Å²) in [7, 11) is 0. The van der Waals surface area contributed by atoms with Gasteiger partial charge in [-0.05, 0) is 46.3 Å². The molecule has 6 heteroatoms. The van der Waals surface area contributed by atoms with Crippen LogP contribution >= 0.6 is 27.7 Å². The van der Waals surface area contributed by atoms with Crippen LogP contribution in [-0.4, -0.2) is 10.0 Å². The molecule has 2 rings (SSSR count). The quantitative estimate of drug-likeness (QED) is 0.678. The summed E-state index contributed by atoms with van der Waals surface area (Å²) in [6, 6.07) is 11.5. The van der Waals surface area contributed by atoms with Gasteiger partial charge >= 0.3 is 0 Å². The summed E-state index contributed by atoms with van der Waals surface area (Å²) in [5, 5.41) is 19.9. The zero-order chi connectivity index (χ0) is 13.1. The number of phenols is 1. The molecule has 0 saturated carbocycles. The Morgan fingerprint density at radius 3 is 2.28 bits per heavy atom. The Hall–Kier alpha value is -1.53. The van der Waals surface area contributed by atoms with Gasteiger partial charge < -0.3 is 5.11 Å². The molecule has 0 radical (unpaired) electrons. The minimum Gasteiger partial charge on any atom is -0.507 e. The van der Waals surface area contributed by atoms with Crippen molar-refractivity contribution in [1.82, 2.24) is 0 Å². The second-order valence-electron chi connectivity index (χ2n) is 3.47. The predicted octanol–water partition coefficient (Wildman–Crippen LogP) is 4.21. The zero-order valence-electron chi connectivity index (χ0n) is 9.04. The molecule has 0 unspecified atom stereocenters. The van der Waals surface area contributed by atoms with Gasteiger partial charge in [-0.1, -0.05) is 11.8 Å². The number of benzene rings is 2. The fourth-order valence-electron chi connectivity index (χ4n) is 1.32. The number of phenolic OH excluding ortho intramolecular Hbond substituents is 1. The van der Waals surface area contributed by atoms with E-state index in [1.54, 1.807) is 30.3 Å². The third kappa shape index (κ3) is 3.02. The summed E-state index contributed by atoms with van der Waals surface area (Å²) in [4.78, 5) is 11.9. The van der Waals surface area contributed by atoms with Crippen LogP contribution in [0, 0.1) is 10.1 Å². The van der Waals surface area contributed by atoms with Crippen molar-refractivity contribution in [3.05, 3.63) is 57.1 Å². The van der Waals surface area contributed by atoms with Gasteiger partial charge in [0.25, 0.3) is 5.69 Å². The summed E-state index contributed by atoms with van der Waals surface area (Å²) in [5.41, 5.74) is 0.0752. The molecule has 0 aliphatic carbocycles. The first kappa shape index (κ1) is 12.9. The second kappa shape index (κ2) is 5.41. The van der Waals surface area contributed by atoms with Crippen LogP contribution in [0.4, 0.5) is 5.69 Å². The SMILES string of the molecule is O=[N+]([O-])c1ccc(Sc2ccc(O)c(Br)c2)cc1. The average molecular weight is 326 g/mol. The molecule has 0 saturated heterocycles. The summed E-state index contributed by atoms with van der Waals surface area (Å²) < 4.78 is 0.620. The molecule has 0 bridgehead atoms. The number of halogens is 1. The van der Waals surface area contributed by atoms with E-state index in [-0.39, 0.29) is 11.4 Å². The average Bonchev–Trinajstić information content (AvgIpc) is 2.34. The molecule has 0 fully saturated rings. The highest BCUT2D eigenvalue weighted by Crippen LogP contribution is 2.33. The Morgan fingerprint density at radius 1 is 1.11 bits per heavy atom. The molecule has 0 aromatic heterocycles. The summed E-state index contributed by atoms with van der Waals surface area (Å²) in [6.07, 6.45) is 0. The van der Waals surface area contributed by atoms with Crippen LogP contribution in [-0.2, 0) is 0 Å². The highest BCUT2D eigenvalue weighted by Gasteiger charge is 2.06. The van der Waals surface area contributed by atoms with Gasteiger partial charge in [0.1, 0.15) is 5.75 Å². The van der Waals surface area contributed by atoms with Gasteiger partial charge in [0.15, 0.2) is 0 Å². The molecule has 0 aliphatic heterocycles. The molecule has 0 heterocycles. The Kier molecular flexibility index (Phi) is 3.88.